The third-order valence-corrected chi connectivity index (χ3v) is 5.97. The van der Waals surface area contributed by atoms with Crippen LogP contribution in [0.25, 0.3) is 10.8 Å². The smallest absolute Gasteiger partial charge is 0.251 e. The van der Waals surface area contributed by atoms with Gasteiger partial charge in [-0.15, -0.1) is 0 Å². The van der Waals surface area contributed by atoms with E-state index in [1.165, 1.54) is 6.33 Å². The SMILES string of the molecule is O=C(NCCN1CCOCC1)c1cccc2cc(Oc3cc(NCc4cccnc4)ncn3)ccc12. The number of benzene rings is 2. The predicted octanol–water partition coefficient (Wildman–Crippen LogP) is 3.49. The van der Waals surface area contributed by atoms with Crippen molar-refractivity contribution in [3.05, 3.63) is 84.4 Å². The lowest BCUT2D eigenvalue weighted by Crippen LogP contribution is -2.41. The number of amides is 1. The molecule has 1 aliphatic heterocycles. The molecule has 36 heavy (non-hydrogen) atoms. The van der Waals surface area contributed by atoms with Crippen molar-refractivity contribution in [1.82, 2.24) is 25.2 Å². The minimum atomic E-state index is -0.0809. The third-order valence-electron chi connectivity index (χ3n) is 5.97. The van der Waals surface area contributed by atoms with E-state index < -0.39 is 0 Å². The molecule has 2 aromatic heterocycles. The van der Waals surface area contributed by atoms with E-state index in [1.807, 2.05) is 48.5 Å². The Morgan fingerprint density at radius 2 is 1.97 bits per heavy atom. The number of nitrogens with one attached hydrogen (secondary N) is 2. The number of pyridine rings is 1. The van der Waals surface area contributed by atoms with Crippen LogP contribution in [0.15, 0.2) is 73.3 Å². The number of ether oxygens (including phenoxy) is 2. The molecule has 0 atom stereocenters. The lowest BCUT2D eigenvalue weighted by atomic mass is 10.0. The van der Waals surface area contributed by atoms with Gasteiger partial charge in [-0.1, -0.05) is 18.2 Å². The molecule has 1 saturated heterocycles. The summed E-state index contributed by atoms with van der Waals surface area (Å²) in [4.78, 5) is 27.8. The third kappa shape index (κ3) is 6.12. The van der Waals surface area contributed by atoms with Crippen molar-refractivity contribution in [3.8, 4) is 11.6 Å². The zero-order chi connectivity index (χ0) is 24.6. The van der Waals surface area contributed by atoms with Crippen LogP contribution in [0.3, 0.4) is 0 Å². The van der Waals surface area contributed by atoms with Crippen LogP contribution in [0, 0.1) is 0 Å². The van der Waals surface area contributed by atoms with Crippen molar-refractivity contribution in [2.24, 2.45) is 0 Å². The Bertz CT molecular complexity index is 1310. The van der Waals surface area contributed by atoms with Gasteiger partial charge < -0.3 is 20.1 Å². The van der Waals surface area contributed by atoms with Crippen molar-refractivity contribution in [2.45, 2.75) is 6.54 Å². The number of aromatic nitrogens is 3. The molecule has 2 N–H and O–H groups in total. The van der Waals surface area contributed by atoms with Gasteiger partial charge in [-0.05, 0) is 46.7 Å². The van der Waals surface area contributed by atoms with Gasteiger partial charge in [0.25, 0.3) is 5.91 Å². The summed E-state index contributed by atoms with van der Waals surface area (Å²) in [7, 11) is 0. The summed E-state index contributed by atoms with van der Waals surface area (Å²) >= 11 is 0. The van der Waals surface area contributed by atoms with Gasteiger partial charge >= 0.3 is 0 Å². The van der Waals surface area contributed by atoms with Crippen LogP contribution in [-0.4, -0.2) is 65.2 Å². The number of carbonyl (C=O) groups is 1. The molecule has 0 spiro atoms. The van der Waals surface area contributed by atoms with E-state index in [9.17, 15) is 4.79 Å². The van der Waals surface area contributed by atoms with Crippen LogP contribution in [0.4, 0.5) is 5.82 Å². The van der Waals surface area contributed by atoms with E-state index in [1.54, 1.807) is 18.5 Å². The summed E-state index contributed by atoms with van der Waals surface area (Å²) in [5, 5.41) is 8.08. The van der Waals surface area contributed by atoms with Gasteiger partial charge in [0.05, 0.1) is 13.2 Å². The standard InChI is InChI=1S/C27H28N6O3/c34-27(29-9-10-33-11-13-35-14-12-33)24-5-1-4-21-15-22(6-7-23(21)24)36-26-16-25(31-19-32-26)30-18-20-3-2-8-28-17-20/h1-8,15-17,19H,9-14,18H2,(H,29,34)(H,30,31,32). The monoisotopic (exact) mass is 484 g/mol. The van der Waals surface area contributed by atoms with Crippen LogP contribution < -0.4 is 15.4 Å². The van der Waals surface area contributed by atoms with E-state index in [0.29, 0.717) is 36.1 Å². The predicted molar refractivity (Wildman–Crippen MR) is 137 cm³/mol. The van der Waals surface area contributed by atoms with Gasteiger partial charge in [0.15, 0.2) is 0 Å². The summed E-state index contributed by atoms with van der Waals surface area (Å²) in [6, 6.07) is 17.0. The average molecular weight is 485 g/mol. The topological polar surface area (TPSA) is 102 Å². The van der Waals surface area contributed by atoms with Crippen LogP contribution in [0.1, 0.15) is 15.9 Å². The van der Waals surface area contributed by atoms with E-state index >= 15 is 0 Å². The summed E-state index contributed by atoms with van der Waals surface area (Å²) in [5.74, 6) is 1.63. The Morgan fingerprint density at radius 1 is 1.06 bits per heavy atom. The van der Waals surface area contributed by atoms with Crippen molar-refractivity contribution < 1.29 is 14.3 Å². The van der Waals surface area contributed by atoms with E-state index in [-0.39, 0.29) is 5.91 Å². The average Bonchev–Trinajstić information content (AvgIpc) is 2.93. The zero-order valence-electron chi connectivity index (χ0n) is 19.9. The lowest BCUT2D eigenvalue weighted by molar-refractivity contribution is 0.0383. The first-order valence-electron chi connectivity index (χ1n) is 12.0. The molecule has 9 heteroatoms. The molecular weight excluding hydrogens is 456 g/mol. The maximum atomic E-state index is 12.9. The van der Waals surface area contributed by atoms with Crippen LogP contribution >= 0.6 is 0 Å². The maximum Gasteiger partial charge on any atom is 0.251 e. The minimum Gasteiger partial charge on any atom is -0.439 e. The molecule has 1 amide bonds. The van der Waals surface area contributed by atoms with Gasteiger partial charge in [-0.3, -0.25) is 14.7 Å². The Balaban J connectivity index is 1.22. The van der Waals surface area contributed by atoms with Crippen molar-refractivity contribution in [2.75, 3.05) is 44.7 Å². The van der Waals surface area contributed by atoms with E-state index in [2.05, 4.69) is 30.5 Å². The second-order valence-corrected chi connectivity index (χ2v) is 8.46. The molecule has 184 valence electrons. The summed E-state index contributed by atoms with van der Waals surface area (Å²) in [6.45, 7) is 5.32. The minimum absolute atomic E-state index is 0.0809. The molecule has 5 rings (SSSR count). The Kier molecular flexibility index (Phi) is 7.60. The summed E-state index contributed by atoms with van der Waals surface area (Å²) in [5.41, 5.74) is 1.69. The fourth-order valence-electron chi connectivity index (χ4n) is 4.08. The first-order chi connectivity index (χ1) is 17.7. The summed E-state index contributed by atoms with van der Waals surface area (Å²) in [6.07, 6.45) is 5.01. The number of nitrogens with zero attached hydrogens (tertiary/aromatic N) is 4. The molecule has 3 heterocycles. The second kappa shape index (κ2) is 11.6. The lowest BCUT2D eigenvalue weighted by Gasteiger charge is -2.26. The summed E-state index contributed by atoms with van der Waals surface area (Å²) < 4.78 is 11.4. The second-order valence-electron chi connectivity index (χ2n) is 8.46. The van der Waals surface area contributed by atoms with Gasteiger partial charge in [-0.25, -0.2) is 9.97 Å². The van der Waals surface area contributed by atoms with E-state index in [4.69, 9.17) is 9.47 Å². The van der Waals surface area contributed by atoms with Crippen molar-refractivity contribution in [3.63, 3.8) is 0 Å². The van der Waals surface area contributed by atoms with Crippen molar-refractivity contribution in [1.29, 1.82) is 0 Å². The Labute approximate surface area is 209 Å². The van der Waals surface area contributed by atoms with Crippen LogP contribution in [0.5, 0.6) is 11.6 Å². The normalized spacial score (nSPS) is 13.9. The number of hydrogen-bond donors (Lipinski definition) is 2. The van der Waals surface area contributed by atoms with Gasteiger partial charge in [-0.2, -0.15) is 0 Å². The molecule has 0 aliphatic carbocycles. The fourth-order valence-corrected chi connectivity index (χ4v) is 4.08. The molecule has 0 unspecified atom stereocenters. The fraction of sp³-hybridized carbons (Fsp3) is 0.259. The molecular formula is C27H28N6O3. The molecule has 0 radical (unpaired) electrons. The first kappa shape index (κ1) is 23.7. The van der Waals surface area contributed by atoms with Gasteiger partial charge in [0.1, 0.15) is 17.9 Å². The zero-order valence-corrected chi connectivity index (χ0v) is 19.9. The molecule has 4 aromatic rings. The number of carbonyl (C=O) groups excluding carboxylic acids is 1. The molecule has 0 bridgehead atoms. The highest BCUT2D eigenvalue weighted by Gasteiger charge is 2.13. The Morgan fingerprint density at radius 3 is 2.83 bits per heavy atom. The number of rotatable bonds is 9. The highest BCUT2D eigenvalue weighted by Crippen LogP contribution is 2.27. The Hall–Kier alpha value is -4.08. The van der Waals surface area contributed by atoms with Gasteiger partial charge in [0.2, 0.25) is 5.88 Å². The number of anilines is 1. The molecule has 0 saturated carbocycles. The van der Waals surface area contributed by atoms with Crippen LogP contribution in [-0.2, 0) is 11.3 Å². The molecule has 9 nitrogen and oxygen atoms in total. The largest absolute Gasteiger partial charge is 0.439 e. The van der Waals surface area contributed by atoms with E-state index in [0.717, 1.165) is 49.2 Å². The number of fused-ring (bicyclic) bond motifs is 1. The van der Waals surface area contributed by atoms with Crippen molar-refractivity contribution >= 4 is 22.5 Å². The molecule has 1 aliphatic rings. The quantitative estimate of drug-likeness (QED) is 0.372. The molecule has 2 aromatic carbocycles. The van der Waals surface area contributed by atoms with Gasteiger partial charge in [0, 0.05) is 56.7 Å². The maximum absolute atomic E-state index is 12.9. The number of morpholine rings is 1. The highest BCUT2D eigenvalue weighted by molar-refractivity contribution is 6.07. The van der Waals surface area contributed by atoms with Crippen LogP contribution in [0.2, 0.25) is 0 Å². The first-order valence-corrected chi connectivity index (χ1v) is 12.0. The highest BCUT2D eigenvalue weighted by atomic mass is 16.5. The number of hydrogen-bond acceptors (Lipinski definition) is 8. The molecule has 1 fully saturated rings.